The number of rotatable bonds is 1. The van der Waals surface area contributed by atoms with Crippen LogP contribution in [0.15, 0.2) is 23.1 Å². The highest BCUT2D eigenvalue weighted by Gasteiger charge is 2.40. The molecule has 1 unspecified atom stereocenters. The van der Waals surface area contributed by atoms with Gasteiger partial charge in [-0.3, -0.25) is 4.79 Å². The van der Waals surface area contributed by atoms with Gasteiger partial charge in [-0.05, 0) is 36.5 Å². The number of anilines is 2. The minimum Gasteiger partial charge on any atom is -0.399 e. The maximum atomic E-state index is 13.1. The van der Waals surface area contributed by atoms with Gasteiger partial charge in [0.2, 0.25) is 5.91 Å². The van der Waals surface area contributed by atoms with E-state index in [1.807, 2.05) is 34.9 Å². The van der Waals surface area contributed by atoms with Gasteiger partial charge in [0.25, 0.3) is 0 Å². The van der Waals surface area contributed by atoms with E-state index in [9.17, 15) is 4.79 Å². The largest absolute Gasteiger partial charge is 0.399 e. The van der Waals surface area contributed by atoms with Crippen molar-refractivity contribution in [3.8, 4) is 0 Å². The monoisotopic (exact) mass is 304 g/mol. The molecule has 0 aromatic heterocycles. The zero-order valence-corrected chi connectivity index (χ0v) is 13.7. The number of nitrogens with two attached hydrogens (primary N) is 1. The molecule has 21 heavy (non-hydrogen) atoms. The molecule has 1 amide bonds. The van der Waals surface area contributed by atoms with Crippen molar-refractivity contribution in [2.75, 3.05) is 22.9 Å². The fourth-order valence-corrected chi connectivity index (χ4v) is 4.58. The van der Waals surface area contributed by atoms with Crippen LogP contribution >= 0.6 is 11.8 Å². The Hall–Kier alpha value is -1.16. The van der Waals surface area contributed by atoms with E-state index in [4.69, 9.17) is 5.73 Å². The summed E-state index contributed by atoms with van der Waals surface area (Å²) in [7, 11) is 0. The van der Waals surface area contributed by atoms with Gasteiger partial charge in [0.05, 0.1) is 5.69 Å². The molecule has 4 heteroatoms. The van der Waals surface area contributed by atoms with Gasteiger partial charge < -0.3 is 10.6 Å². The topological polar surface area (TPSA) is 46.3 Å². The van der Waals surface area contributed by atoms with Crippen molar-refractivity contribution in [3.05, 3.63) is 18.2 Å². The lowest BCUT2D eigenvalue weighted by Crippen LogP contribution is -2.45. The Balaban J connectivity index is 1.91. The van der Waals surface area contributed by atoms with Crippen molar-refractivity contribution in [2.45, 2.75) is 44.4 Å². The summed E-state index contributed by atoms with van der Waals surface area (Å²) in [5.74, 6) is 1.41. The summed E-state index contributed by atoms with van der Waals surface area (Å²) >= 11 is 1.82. The predicted octanol–water partition coefficient (Wildman–Crippen LogP) is 3.92. The van der Waals surface area contributed by atoms with Crippen molar-refractivity contribution in [1.29, 1.82) is 0 Å². The van der Waals surface area contributed by atoms with Gasteiger partial charge in [-0.1, -0.05) is 26.7 Å². The van der Waals surface area contributed by atoms with Gasteiger partial charge >= 0.3 is 0 Å². The summed E-state index contributed by atoms with van der Waals surface area (Å²) in [5.41, 5.74) is 7.79. The standard InChI is InChI=1S/C17H24N2OS/c1-17(2)8-4-3-5-13(17)16(20)19-9-10-21-15-7-6-12(18)11-14(15)19/h6-7,11,13H,3-5,8-10,18H2,1-2H3. The zero-order chi connectivity index (χ0) is 15.0. The first kappa shape index (κ1) is 14.8. The SMILES string of the molecule is CC1(C)CCCCC1C(=O)N1CCSc2ccc(N)cc21. The number of benzene rings is 1. The molecule has 1 aliphatic carbocycles. The molecule has 1 aliphatic heterocycles. The summed E-state index contributed by atoms with van der Waals surface area (Å²) in [5, 5.41) is 0. The minimum atomic E-state index is 0.112. The molecule has 114 valence electrons. The number of hydrogen-bond acceptors (Lipinski definition) is 3. The van der Waals surface area contributed by atoms with Crippen LogP contribution in [0.4, 0.5) is 11.4 Å². The third-order valence-corrected chi connectivity index (χ3v) is 5.96. The Morgan fingerprint density at radius 2 is 2.19 bits per heavy atom. The Morgan fingerprint density at radius 3 is 2.95 bits per heavy atom. The fraction of sp³-hybridized carbons (Fsp3) is 0.588. The number of carbonyl (C=O) groups is 1. The van der Waals surface area contributed by atoms with Crippen molar-refractivity contribution < 1.29 is 4.79 Å². The average molecular weight is 304 g/mol. The van der Waals surface area contributed by atoms with E-state index < -0.39 is 0 Å². The van der Waals surface area contributed by atoms with Crippen LogP contribution in [0, 0.1) is 11.3 Å². The molecule has 1 aromatic carbocycles. The van der Waals surface area contributed by atoms with Crippen molar-refractivity contribution in [3.63, 3.8) is 0 Å². The number of nitrogens with zero attached hydrogens (tertiary/aromatic N) is 1. The van der Waals surface area contributed by atoms with E-state index in [-0.39, 0.29) is 11.3 Å². The predicted molar refractivity (Wildman–Crippen MR) is 89.7 cm³/mol. The van der Waals surface area contributed by atoms with Gasteiger partial charge in [0.15, 0.2) is 0 Å². The lowest BCUT2D eigenvalue weighted by Gasteiger charge is -2.41. The van der Waals surface area contributed by atoms with Crippen LogP contribution in [0.2, 0.25) is 0 Å². The van der Waals surface area contributed by atoms with Crippen LogP contribution in [0.3, 0.4) is 0 Å². The normalized spacial score (nSPS) is 24.5. The third-order valence-electron chi connectivity index (χ3n) is 4.92. The first-order valence-electron chi connectivity index (χ1n) is 7.83. The maximum absolute atomic E-state index is 13.1. The Bertz CT molecular complexity index is 556. The highest BCUT2D eigenvalue weighted by molar-refractivity contribution is 7.99. The second-order valence-electron chi connectivity index (χ2n) is 6.85. The molecular formula is C17H24N2OS. The molecule has 1 atom stereocenters. The first-order valence-corrected chi connectivity index (χ1v) is 8.81. The Morgan fingerprint density at radius 1 is 1.38 bits per heavy atom. The van der Waals surface area contributed by atoms with Crippen LogP contribution < -0.4 is 10.6 Å². The molecule has 3 rings (SSSR count). The van der Waals surface area contributed by atoms with Gasteiger partial charge in [-0.25, -0.2) is 0 Å². The lowest BCUT2D eigenvalue weighted by atomic mass is 9.68. The molecular weight excluding hydrogens is 280 g/mol. The van der Waals surface area contributed by atoms with E-state index >= 15 is 0 Å². The van der Waals surface area contributed by atoms with Crippen LogP contribution in [0.1, 0.15) is 39.5 Å². The molecule has 1 heterocycles. The molecule has 0 spiro atoms. The van der Waals surface area contributed by atoms with E-state index in [0.717, 1.165) is 36.5 Å². The molecule has 0 radical (unpaired) electrons. The summed E-state index contributed by atoms with van der Waals surface area (Å²) in [6.45, 7) is 5.29. The molecule has 2 aliphatic rings. The van der Waals surface area contributed by atoms with Crippen LogP contribution in [0.5, 0.6) is 0 Å². The zero-order valence-electron chi connectivity index (χ0n) is 12.9. The quantitative estimate of drug-likeness (QED) is 0.800. The Labute approximate surface area is 131 Å². The highest BCUT2D eigenvalue weighted by atomic mass is 32.2. The third kappa shape index (κ3) is 2.78. The summed E-state index contributed by atoms with van der Waals surface area (Å²) < 4.78 is 0. The minimum absolute atomic E-state index is 0.112. The summed E-state index contributed by atoms with van der Waals surface area (Å²) in [6.07, 6.45) is 4.59. The molecule has 1 saturated carbocycles. The van der Waals surface area contributed by atoms with Gasteiger partial charge in [-0.2, -0.15) is 0 Å². The molecule has 0 bridgehead atoms. The van der Waals surface area contributed by atoms with Gasteiger partial charge in [0, 0.05) is 28.8 Å². The number of carbonyl (C=O) groups excluding carboxylic acids is 1. The van der Waals surface area contributed by atoms with Gasteiger partial charge in [0.1, 0.15) is 0 Å². The van der Waals surface area contributed by atoms with Crippen LogP contribution in [-0.4, -0.2) is 18.2 Å². The van der Waals surface area contributed by atoms with Crippen LogP contribution in [-0.2, 0) is 4.79 Å². The molecule has 1 fully saturated rings. The van der Waals surface area contributed by atoms with Gasteiger partial charge in [-0.15, -0.1) is 11.8 Å². The van der Waals surface area contributed by atoms with Crippen molar-refractivity contribution in [2.24, 2.45) is 11.3 Å². The van der Waals surface area contributed by atoms with E-state index in [2.05, 4.69) is 13.8 Å². The number of fused-ring (bicyclic) bond motifs is 1. The number of thioether (sulfide) groups is 1. The van der Waals surface area contributed by atoms with E-state index in [1.54, 1.807) is 0 Å². The number of hydrogen-bond donors (Lipinski definition) is 1. The number of nitrogen functional groups attached to an aromatic ring is 1. The molecule has 0 saturated heterocycles. The lowest BCUT2D eigenvalue weighted by molar-refractivity contribution is -0.127. The second-order valence-corrected chi connectivity index (χ2v) is 7.99. The summed E-state index contributed by atoms with van der Waals surface area (Å²) in [4.78, 5) is 16.3. The summed E-state index contributed by atoms with van der Waals surface area (Å²) in [6, 6.07) is 5.92. The highest BCUT2D eigenvalue weighted by Crippen LogP contribution is 2.44. The first-order chi connectivity index (χ1) is 9.99. The smallest absolute Gasteiger partial charge is 0.230 e. The maximum Gasteiger partial charge on any atom is 0.230 e. The van der Waals surface area contributed by atoms with E-state index in [0.29, 0.717) is 5.91 Å². The number of amides is 1. The molecule has 2 N–H and O–H groups in total. The Kier molecular flexibility index (Phi) is 3.91. The molecule has 3 nitrogen and oxygen atoms in total. The van der Waals surface area contributed by atoms with Crippen LogP contribution in [0.25, 0.3) is 0 Å². The second kappa shape index (κ2) is 5.56. The van der Waals surface area contributed by atoms with E-state index in [1.165, 1.54) is 17.7 Å². The van der Waals surface area contributed by atoms with Crippen molar-refractivity contribution in [1.82, 2.24) is 0 Å². The molecule has 1 aromatic rings. The average Bonchev–Trinajstić information content (AvgIpc) is 2.45. The van der Waals surface area contributed by atoms with Crippen molar-refractivity contribution >= 4 is 29.0 Å². The fourth-order valence-electron chi connectivity index (χ4n) is 3.60.